The molecule has 0 radical (unpaired) electrons. The van der Waals surface area contributed by atoms with Gasteiger partial charge in [0, 0.05) is 29.7 Å². The van der Waals surface area contributed by atoms with Gasteiger partial charge in [-0.3, -0.25) is 4.40 Å². The molecule has 2 N–H and O–H groups in total. The van der Waals surface area contributed by atoms with Gasteiger partial charge >= 0.3 is 0 Å². The molecule has 3 aromatic heterocycles. The van der Waals surface area contributed by atoms with Gasteiger partial charge in [-0.15, -0.1) is 10.2 Å². The summed E-state index contributed by atoms with van der Waals surface area (Å²) in [6.45, 7) is 2.97. The average molecular weight is 476 g/mol. The third-order valence-electron chi connectivity index (χ3n) is 8.01. The molecular formula is C30H29N5O. The van der Waals surface area contributed by atoms with E-state index in [1.807, 2.05) is 18.2 Å². The molecule has 6 nitrogen and oxygen atoms in total. The summed E-state index contributed by atoms with van der Waals surface area (Å²) in [6, 6.07) is 25.4. The van der Waals surface area contributed by atoms with Crippen LogP contribution in [0.1, 0.15) is 44.0 Å². The largest absolute Gasteiger partial charge is 0.375 e. The highest BCUT2D eigenvalue weighted by Gasteiger charge is 2.55. The van der Waals surface area contributed by atoms with E-state index >= 15 is 0 Å². The fourth-order valence-corrected chi connectivity index (χ4v) is 6.26. The Labute approximate surface area is 210 Å². The van der Waals surface area contributed by atoms with Crippen molar-refractivity contribution >= 4 is 16.7 Å². The van der Waals surface area contributed by atoms with Crippen LogP contribution in [0.2, 0.25) is 0 Å². The number of nitrogens with two attached hydrogens (primary N) is 1. The maximum atomic E-state index is 6.82. The summed E-state index contributed by atoms with van der Waals surface area (Å²) in [5.41, 5.74) is 14.7. The molecular weight excluding hydrogens is 446 g/mol. The number of benzene rings is 2. The van der Waals surface area contributed by atoms with Crippen LogP contribution in [0.5, 0.6) is 0 Å². The Bertz CT molecular complexity index is 1580. The molecule has 4 heterocycles. The molecule has 7 rings (SSSR count). The second-order valence-corrected chi connectivity index (χ2v) is 10.4. The molecule has 0 amide bonds. The maximum absolute atomic E-state index is 6.82. The molecule has 6 heteroatoms. The fourth-order valence-electron chi connectivity index (χ4n) is 6.26. The van der Waals surface area contributed by atoms with Crippen molar-refractivity contribution in [1.29, 1.82) is 0 Å². The molecule has 0 bridgehead atoms. The lowest BCUT2D eigenvalue weighted by atomic mass is 9.61. The van der Waals surface area contributed by atoms with E-state index in [0.717, 1.165) is 83.6 Å². The van der Waals surface area contributed by atoms with Gasteiger partial charge in [0.1, 0.15) is 5.82 Å². The van der Waals surface area contributed by atoms with E-state index < -0.39 is 0 Å². The van der Waals surface area contributed by atoms with Crippen LogP contribution in [0.4, 0.5) is 0 Å². The first-order valence-corrected chi connectivity index (χ1v) is 12.8. The van der Waals surface area contributed by atoms with Crippen molar-refractivity contribution in [3.63, 3.8) is 0 Å². The molecule has 2 aliphatic rings. The van der Waals surface area contributed by atoms with Crippen LogP contribution in [0.25, 0.3) is 39.1 Å². The number of hydrogen-bond acceptors (Lipinski definition) is 5. The number of rotatable bonds is 4. The first-order chi connectivity index (χ1) is 17.6. The van der Waals surface area contributed by atoms with Crippen LogP contribution in [0.15, 0.2) is 72.8 Å². The molecule has 5 aromatic rings. The Kier molecular flexibility index (Phi) is 4.78. The normalized spacial score (nSPS) is 23.5. The van der Waals surface area contributed by atoms with Crippen LogP contribution in [0.3, 0.4) is 0 Å². The minimum Gasteiger partial charge on any atom is -0.375 e. The number of aryl methyl sites for hydroxylation is 1. The number of nitrogens with zero attached hydrogens (tertiary/aromatic N) is 4. The topological polar surface area (TPSA) is 78.3 Å². The zero-order valence-corrected chi connectivity index (χ0v) is 20.4. The number of fused-ring (bicyclic) bond motifs is 3. The molecule has 180 valence electrons. The lowest BCUT2D eigenvalue weighted by molar-refractivity contribution is -0.104. The Hall–Kier alpha value is -3.61. The van der Waals surface area contributed by atoms with Crippen molar-refractivity contribution in [3.05, 3.63) is 84.2 Å². The summed E-state index contributed by atoms with van der Waals surface area (Å²) in [5, 5.41) is 8.74. The quantitative estimate of drug-likeness (QED) is 0.362. The van der Waals surface area contributed by atoms with E-state index in [0.29, 0.717) is 0 Å². The van der Waals surface area contributed by atoms with Gasteiger partial charge in [-0.05, 0) is 55.0 Å². The van der Waals surface area contributed by atoms with Crippen LogP contribution in [0, 0.1) is 0 Å². The van der Waals surface area contributed by atoms with Gasteiger partial charge in [0.2, 0.25) is 0 Å². The first-order valence-electron chi connectivity index (χ1n) is 12.8. The maximum Gasteiger partial charge on any atom is 0.161 e. The predicted octanol–water partition coefficient (Wildman–Crippen LogP) is 5.67. The van der Waals surface area contributed by atoms with Gasteiger partial charge in [0.25, 0.3) is 0 Å². The Morgan fingerprint density at radius 1 is 0.944 bits per heavy atom. The Morgan fingerprint density at radius 2 is 1.75 bits per heavy atom. The van der Waals surface area contributed by atoms with Gasteiger partial charge in [0.05, 0.1) is 22.3 Å². The zero-order chi connectivity index (χ0) is 24.3. The highest BCUT2D eigenvalue weighted by molar-refractivity contribution is 5.91. The second-order valence-electron chi connectivity index (χ2n) is 10.4. The van der Waals surface area contributed by atoms with Crippen LogP contribution >= 0.6 is 0 Å². The van der Waals surface area contributed by atoms with Crippen molar-refractivity contribution in [2.45, 2.75) is 50.2 Å². The van der Waals surface area contributed by atoms with Crippen LogP contribution in [-0.4, -0.2) is 31.8 Å². The van der Waals surface area contributed by atoms with E-state index in [1.165, 1.54) is 5.56 Å². The summed E-state index contributed by atoms with van der Waals surface area (Å²) in [5.74, 6) is 0.936. The number of aromatic nitrogens is 4. The Balaban J connectivity index is 1.35. The molecule has 1 saturated heterocycles. The Morgan fingerprint density at radius 3 is 2.47 bits per heavy atom. The van der Waals surface area contributed by atoms with Crippen molar-refractivity contribution in [2.24, 2.45) is 5.73 Å². The smallest absolute Gasteiger partial charge is 0.161 e. The fraction of sp³-hybridized carbons (Fsp3) is 0.300. The van der Waals surface area contributed by atoms with Gasteiger partial charge < -0.3 is 10.5 Å². The summed E-state index contributed by atoms with van der Waals surface area (Å²) < 4.78 is 8.15. The lowest BCUT2D eigenvalue weighted by Crippen LogP contribution is -2.59. The average Bonchev–Trinajstić information content (AvgIpc) is 3.56. The van der Waals surface area contributed by atoms with Gasteiger partial charge in [-0.1, -0.05) is 61.5 Å². The zero-order valence-electron chi connectivity index (χ0n) is 20.4. The van der Waals surface area contributed by atoms with Crippen molar-refractivity contribution in [3.8, 4) is 22.4 Å². The third-order valence-corrected chi connectivity index (χ3v) is 8.01. The van der Waals surface area contributed by atoms with E-state index in [9.17, 15) is 0 Å². The molecule has 1 spiro atoms. The molecule has 0 unspecified atom stereocenters. The van der Waals surface area contributed by atoms with Crippen molar-refractivity contribution < 1.29 is 4.74 Å². The standard InChI is InChI=1S/C30H29N5O/c1-2-26-33-34-27-14-13-24-25(35(26)27)17-23(20-7-4-3-5-8-20)28(32-24)21-9-11-22(12-10-21)30(31)18-29(19-30)15-6-16-36-29/h3-5,7-14,17H,2,6,15-16,18-19,31H2,1H3. The summed E-state index contributed by atoms with van der Waals surface area (Å²) >= 11 is 0. The minimum absolute atomic E-state index is 0.0126. The summed E-state index contributed by atoms with van der Waals surface area (Å²) in [4.78, 5) is 5.18. The van der Waals surface area contributed by atoms with E-state index in [4.69, 9.17) is 15.5 Å². The van der Waals surface area contributed by atoms with Crippen LogP contribution < -0.4 is 5.73 Å². The number of ether oxygens (including phenoxy) is 1. The monoisotopic (exact) mass is 475 g/mol. The summed E-state index contributed by atoms with van der Waals surface area (Å²) in [7, 11) is 0. The number of pyridine rings is 2. The van der Waals surface area contributed by atoms with Crippen molar-refractivity contribution in [2.75, 3.05) is 6.61 Å². The predicted molar refractivity (Wildman–Crippen MR) is 142 cm³/mol. The SMILES string of the molecule is CCc1nnc2ccc3nc(-c4ccc(C5(N)CC6(CCCO6)C5)cc4)c(-c4ccccc4)cc3n12. The van der Waals surface area contributed by atoms with Gasteiger partial charge in [-0.25, -0.2) is 4.98 Å². The van der Waals surface area contributed by atoms with Crippen LogP contribution in [-0.2, 0) is 16.7 Å². The third kappa shape index (κ3) is 3.29. The van der Waals surface area contributed by atoms with Gasteiger partial charge in [0.15, 0.2) is 5.65 Å². The molecule has 36 heavy (non-hydrogen) atoms. The van der Waals surface area contributed by atoms with E-state index in [-0.39, 0.29) is 11.1 Å². The molecule has 1 aliphatic carbocycles. The first kappa shape index (κ1) is 21.7. The van der Waals surface area contributed by atoms with E-state index in [2.05, 4.69) is 76.1 Å². The highest BCUT2D eigenvalue weighted by atomic mass is 16.5. The highest BCUT2D eigenvalue weighted by Crippen LogP contribution is 2.53. The lowest BCUT2D eigenvalue weighted by Gasteiger charge is -2.52. The minimum atomic E-state index is -0.307. The summed E-state index contributed by atoms with van der Waals surface area (Å²) in [6.07, 6.45) is 4.88. The van der Waals surface area contributed by atoms with E-state index in [1.54, 1.807) is 0 Å². The second kappa shape index (κ2) is 7.95. The van der Waals surface area contributed by atoms with Gasteiger partial charge in [-0.2, -0.15) is 0 Å². The molecule has 2 aromatic carbocycles. The molecule has 1 saturated carbocycles. The number of hydrogen-bond donors (Lipinski definition) is 1. The molecule has 0 atom stereocenters. The molecule has 1 aliphatic heterocycles. The molecule has 2 fully saturated rings. The van der Waals surface area contributed by atoms with Crippen molar-refractivity contribution in [1.82, 2.24) is 19.6 Å².